The van der Waals surface area contributed by atoms with Gasteiger partial charge in [-0.3, -0.25) is 4.79 Å². The Balaban J connectivity index is 1.30. The summed E-state index contributed by atoms with van der Waals surface area (Å²) in [4.78, 5) is 16.6. The van der Waals surface area contributed by atoms with Crippen LogP contribution in [0.2, 0.25) is 0 Å². The lowest BCUT2D eigenvalue weighted by atomic mass is 10.2. The molecule has 2 atom stereocenters. The number of hydrogen-bond acceptors (Lipinski definition) is 5. The van der Waals surface area contributed by atoms with Gasteiger partial charge in [-0.1, -0.05) is 18.2 Å². The predicted molar refractivity (Wildman–Crippen MR) is 103 cm³/mol. The Bertz CT molecular complexity index is 922. The third-order valence-electron chi connectivity index (χ3n) is 4.66. The van der Waals surface area contributed by atoms with Crippen molar-refractivity contribution < 1.29 is 18.7 Å². The van der Waals surface area contributed by atoms with Crippen molar-refractivity contribution in [2.45, 2.75) is 25.8 Å². The number of ether oxygens (including phenoxy) is 2. The Kier molecular flexibility index (Phi) is 5.28. The molecule has 6 nitrogen and oxygen atoms in total. The van der Waals surface area contributed by atoms with Gasteiger partial charge in [0.2, 0.25) is 11.8 Å². The van der Waals surface area contributed by atoms with Crippen LogP contribution >= 0.6 is 0 Å². The molecule has 4 rings (SSSR count). The smallest absolute Gasteiger partial charge is 0.224 e. The Morgan fingerprint density at radius 2 is 2.04 bits per heavy atom. The zero-order chi connectivity index (χ0) is 19.3. The molecule has 1 amide bonds. The summed E-state index contributed by atoms with van der Waals surface area (Å²) in [5, 5.41) is 2.97. The molecular formula is C22H22N2O4. The fourth-order valence-corrected chi connectivity index (χ4v) is 3.12. The number of aromatic nitrogens is 1. The summed E-state index contributed by atoms with van der Waals surface area (Å²) in [5.41, 5.74) is 0.911. The van der Waals surface area contributed by atoms with E-state index in [2.05, 4.69) is 10.3 Å². The fraction of sp³-hybridized carbons (Fsp3) is 0.273. The molecule has 3 aromatic rings. The van der Waals surface area contributed by atoms with Gasteiger partial charge in [0.25, 0.3) is 0 Å². The van der Waals surface area contributed by atoms with Crippen LogP contribution in [0.4, 0.5) is 0 Å². The zero-order valence-electron chi connectivity index (χ0n) is 15.6. The summed E-state index contributed by atoms with van der Waals surface area (Å²) in [7, 11) is 0. The molecule has 0 aliphatic heterocycles. The summed E-state index contributed by atoms with van der Waals surface area (Å²) in [6.45, 7) is 2.92. The van der Waals surface area contributed by atoms with E-state index in [-0.39, 0.29) is 17.7 Å². The summed E-state index contributed by atoms with van der Waals surface area (Å²) < 4.78 is 16.7. The summed E-state index contributed by atoms with van der Waals surface area (Å²) >= 11 is 0. The van der Waals surface area contributed by atoms with Crippen molar-refractivity contribution >= 4 is 5.91 Å². The SMILES string of the molecule is CCOc1ccccc1Oc1ccc(CNC(=O)C2CC2c2ccco2)cn1. The molecule has 0 saturated heterocycles. The number of furan rings is 1. The van der Waals surface area contributed by atoms with E-state index in [1.165, 1.54) is 0 Å². The molecule has 0 bridgehead atoms. The highest BCUT2D eigenvalue weighted by Gasteiger charge is 2.45. The van der Waals surface area contributed by atoms with E-state index < -0.39 is 0 Å². The van der Waals surface area contributed by atoms with Crippen LogP contribution in [0.15, 0.2) is 65.4 Å². The van der Waals surface area contributed by atoms with E-state index in [0.29, 0.717) is 30.5 Å². The average molecular weight is 378 g/mol. The summed E-state index contributed by atoms with van der Waals surface area (Å²) in [6, 6.07) is 14.9. The summed E-state index contributed by atoms with van der Waals surface area (Å²) in [5.74, 6) is 2.91. The minimum atomic E-state index is -0.00298. The van der Waals surface area contributed by atoms with Gasteiger partial charge in [0, 0.05) is 30.6 Å². The van der Waals surface area contributed by atoms with Crippen LogP contribution in [0.3, 0.4) is 0 Å². The zero-order valence-corrected chi connectivity index (χ0v) is 15.6. The van der Waals surface area contributed by atoms with Gasteiger partial charge in [0.05, 0.1) is 12.9 Å². The van der Waals surface area contributed by atoms with E-state index in [1.807, 2.05) is 49.4 Å². The molecule has 1 N–H and O–H groups in total. The number of nitrogens with one attached hydrogen (secondary N) is 1. The van der Waals surface area contributed by atoms with Gasteiger partial charge in [0.15, 0.2) is 11.5 Å². The molecule has 0 radical (unpaired) electrons. The quantitative estimate of drug-likeness (QED) is 0.633. The number of hydrogen-bond donors (Lipinski definition) is 1. The molecule has 2 heterocycles. The van der Waals surface area contributed by atoms with Crippen LogP contribution < -0.4 is 14.8 Å². The standard InChI is InChI=1S/C22H22N2O4/c1-2-26-19-6-3-4-7-20(19)28-21-10-9-15(13-23-21)14-24-22(25)17-12-16(17)18-8-5-11-27-18/h3-11,13,16-17H,2,12,14H2,1H3,(H,24,25). The lowest BCUT2D eigenvalue weighted by molar-refractivity contribution is -0.122. The van der Waals surface area contributed by atoms with Crippen molar-refractivity contribution in [1.29, 1.82) is 0 Å². The first-order valence-electron chi connectivity index (χ1n) is 9.40. The van der Waals surface area contributed by atoms with E-state index in [4.69, 9.17) is 13.9 Å². The molecule has 1 aromatic carbocycles. The molecule has 28 heavy (non-hydrogen) atoms. The molecule has 0 spiro atoms. The maximum atomic E-state index is 12.3. The highest BCUT2D eigenvalue weighted by atomic mass is 16.5. The maximum absolute atomic E-state index is 12.3. The first-order chi connectivity index (χ1) is 13.7. The number of carbonyl (C=O) groups is 1. The first-order valence-corrected chi connectivity index (χ1v) is 9.40. The second-order valence-electron chi connectivity index (χ2n) is 6.67. The Hall–Kier alpha value is -3.28. The molecule has 2 unspecified atom stereocenters. The van der Waals surface area contributed by atoms with Gasteiger partial charge in [-0.2, -0.15) is 0 Å². The first kappa shape index (κ1) is 18.1. The van der Waals surface area contributed by atoms with Crippen LogP contribution in [-0.2, 0) is 11.3 Å². The number of nitrogens with zero attached hydrogens (tertiary/aromatic N) is 1. The van der Waals surface area contributed by atoms with E-state index in [9.17, 15) is 4.79 Å². The predicted octanol–water partition coefficient (Wildman–Crippen LogP) is 4.29. The van der Waals surface area contributed by atoms with Crippen LogP contribution in [0.25, 0.3) is 0 Å². The third kappa shape index (κ3) is 4.17. The van der Waals surface area contributed by atoms with Gasteiger partial charge in [-0.15, -0.1) is 0 Å². The minimum absolute atomic E-state index is 0.00298. The molecule has 1 saturated carbocycles. The normalized spacial score (nSPS) is 17.8. The van der Waals surface area contributed by atoms with Gasteiger partial charge in [-0.05, 0) is 43.2 Å². The van der Waals surface area contributed by atoms with Crippen LogP contribution in [-0.4, -0.2) is 17.5 Å². The Labute approximate surface area is 163 Å². The topological polar surface area (TPSA) is 73.6 Å². The van der Waals surface area contributed by atoms with E-state index in [0.717, 1.165) is 17.7 Å². The number of rotatable bonds is 8. The van der Waals surface area contributed by atoms with Crippen molar-refractivity contribution in [3.63, 3.8) is 0 Å². The molecule has 1 aliphatic rings. The highest BCUT2D eigenvalue weighted by molar-refractivity contribution is 5.82. The lowest BCUT2D eigenvalue weighted by Crippen LogP contribution is -2.24. The minimum Gasteiger partial charge on any atom is -0.490 e. The van der Waals surface area contributed by atoms with Crippen molar-refractivity contribution in [1.82, 2.24) is 10.3 Å². The molecule has 6 heteroatoms. The largest absolute Gasteiger partial charge is 0.490 e. The van der Waals surface area contributed by atoms with Crippen LogP contribution in [0, 0.1) is 5.92 Å². The monoisotopic (exact) mass is 378 g/mol. The number of amides is 1. The summed E-state index contributed by atoms with van der Waals surface area (Å²) in [6.07, 6.45) is 4.18. The van der Waals surface area contributed by atoms with Gasteiger partial charge in [0.1, 0.15) is 5.76 Å². The molecule has 1 aliphatic carbocycles. The Morgan fingerprint density at radius 1 is 1.18 bits per heavy atom. The number of benzene rings is 1. The third-order valence-corrected chi connectivity index (χ3v) is 4.66. The Morgan fingerprint density at radius 3 is 2.75 bits per heavy atom. The number of para-hydroxylation sites is 2. The number of pyridine rings is 1. The molecule has 144 valence electrons. The van der Waals surface area contributed by atoms with Crippen molar-refractivity contribution in [2.24, 2.45) is 5.92 Å². The van der Waals surface area contributed by atoms with Gasteiger partial charge in [-0.25, -0.2) is 4.98 Å². The second kappa shape index (κ2) is 8.17. The second-order valence-corrected chi connectivity index (χ2v) is 6.67. The average Bonchev–Trinajstić information content (AvgIpc) is 3.34. The molecule has 2 aromatic heterocycles. The van der Waals surface area contributed by atoms with Crippen molar-refractivity contribution in [2.75, 3.05) is 6.61 Å². The molecular weight excluding hydrogens is 356 g/mol. The van der Waals surface area contributed by atoms with Crippen LogP contribution in [0.1, 0.15) is 30.6 Å². The molecule has 1 fully saturated rings. The van der Waals surface area contributed by atoms with Crippen molar-refractivity contribution in [3.8, 4) is 17.4 Å². The fourth-order valence-electron chi connectivity index (χ4n) is 3.12. The number of carbonyl (C=O) groups excluding carboxylic acids is 1. The van der Waals surface area contributed by atoms with Gasteiger partial charge >= 0.3 is 0 Å². The van der Waals surface area contributed by atoms with E-state index in [1.54, 1.807) is 18.5 Å². The highest BCUT2D eigenvalue weighted by Crippen LogP contribution is 2.47. The lowest BCUT2D eigenvalue weighted by Gasteiger charge is -2.11. The van der Waals surface area contributed by atoms with Gasteiger partial charge < -0.3 is 19.2 Å². The van der Waals surface area contributed by atoms with Crippen molar-refractivity contribution in [3.05, 3.63) is 72.3 Å². The maximum Gasteiger partial charge on any atom is 0.224 e. The van der Waals surface area contributed by atoms with Crippen LogP contribution in [0.5, 0.6) is 17.4 Å². The van der Waals surface area contributed by atoms with E-state index >= 15 is 0 Å².